The van der Waals surface area contributed by atoms with Gasteiger partial charge < -0.3 is 9.47 Å². The third-order valence-electron chi connectivity index (χ3n) is 2.74. The van der Waals surface area contributed by atoms with Crippen LogP contribution in [0.1, 0.15) is 29.3 Å². The van der Waals surface area contributed by atoms with Crippen molar-refractivity contribution in [3.05, 3.63) is 35.4 Å². The maximum absolute atomic E-state index is 11.3. The zero-order valence-electron chi connectivity index (χ0n) is 9.97. The molecule has 1 aromatic rings. The predicted octanol–water partition coefficient (Wildman–Crippen LogP) is 2.03. The standard InChI is InChI=1S/C13H15NO3/c1-3-11-8-17-12(14-11)9-4-6-10(7-5-9)13(15)16-2/h4-7,11H,3,8H2,1-2H3. The Morgan fingerprint density at radius 3 is 2.71 bits per heavy atom. The number of hydrogen-bond acceptors (Lipinski definition) is 4. The molecule has 1 heterocycles. The Morgan fingerprint density at radius 2 is 2.18 bits per heavy atom. The first-order valence-corrected chi connectivity index (χ1v) is 5.64. The van der Waals surface area contributed by atoms with Crippen LogP contribution in [0.25, 0.3) is 0 Å². The van der Waals surface area contributed by atoms with E-state index in [-0.39, 0.29) is 12.0 Å². The van der Waals surface area contributed by atoms with E-state index < -0.39 is 0 Å². The van der Waals surface area contributed by atoms with Crippen LogP contribution >= 0.6 is 0 Å². The summed E-state index contributed by atoms with van der Waals surface area (Å²) >= 11 is 0. The Bertz CT molecular complexity index is 436. The number of nitrogens with zero attached hydrogens (tertiary/aromatic N) is 1. The third kappa shape index (κ3) is 2.46. The quantitative estimate of drug-likeness (QED) is 0.750. The van der Waals surface area contributed by atoms with Crippen molar-refractivity contribution in [1.29, 1.82) is 0 Å². The summed E-state index contributed by atoms with van der Waals surface area (Å²) in [6.45, 7) is 2.73. The second-order valence-corrected chi connectivity index (χ2v) is 3.88. The second kappa shape index (κ2) is 4.99. The summed E-state index contributed by atoms with van der Waals surface area (Å²) in [5.41, 5.74) is 1.43. The lowest BCUT2D eigenvalue weighted by Gasteiger charge is -2.02. The number of esters is 1. The summed E-state index contributed by atoms with van der Waals surface area (Å²) in [6, 6.07) is 7.33. The molecule has 0 fully saturated rings. The fourth-order valence-corrected chi connectivity index (χ4v) is 1.65. The lowest BCUT2D eigenvalue weighted by molar-refractivity contribution is 0.0600. The molecule has 1 atom stereocenters. The molecule has 0 aliphatic carbocycles. The molecule has 0 saturated heterocycles. The molecular weight excluding hydrogens is 218 g/mol. The van der Waals surface area contributed by atoms with Crippen molar-refractivity contribution >= 4 is 11.9 Å². The highest BCUT2D eigenvalue weighted by molar-refractivity contribution is 5.96. The number of methoxy groups -OCH3 is 1. The van der Waals surface area contributed by atoms with E-state index in [1.54, 1.807) is 12.1 Å². The minimum Gasteiger partial charge on any atom is -0.475 e. The van der Waals surface area contributed by atoms with Crippen molar-refractivity contribution in [3.63, 3.8) is 0 Å². The fourth-order valence-electron chi connectivity index (χ4n) is 1.65. The molecule has 2 rings (SSSR count). The van der Waals surface area contributed by atoms with Crippen molar-refractivity contribution in [3.8, 4) is 0 Å². The second-order valence-electron chi connectivity index (χ2n) is 3.88. The SMILES string of the molecule is CCC1COC(c2ccc(C(=O)OC)cc2)=N1. The average Bonchev–Trinajstić information content (AvgIpc) is 2.87. The van der Waals surface area contributed by atoms with Crippen molar-refractivity contribution in [1.82, 2.24) is 0 Å². The van der Waals surface area contributed by atoms with Gasteiger partial charge in [-0.1, -0.05) is 6.92 Å². The van der Waals surface area contributed by atoms with E-state index in [0.717, 1.165) is 12.0 Å². The molecule has 0 spiro atoms. The van der Waals surface area contributed by atoms with Gasteiger partial charge in [0.2, 0.25) is 5.90 Å². The monoisotopic (exact) mass is 233 g/mol. The van der Waals surface area contributed by atoms with E-state index in [1.165, 1.54) is 7.11 Å². The van der Waals surface area contributed by atoms with E-state index in [1.807, 2.05) is 12.1 Å². The zero-order valence-corrected chi connectivity index (χ0v) is 9.97. The van der Waals surface area contributed by atoms with Crippen LogP contribution < -0.4 is 0 Å². The van der Waals surface area contributed by atoms with Crippen LogP contribution in [0.5, 0.6) is 0 Å². The van der Waals surface area contributed by atoms with Gasteiger partial charge in [-0.2, -0.15) is 0 Å². The highest BCUT2D eigenvalue weighted by Crippen LogP contribution is 2.15. The van der Waals surface area contributed by atoms with Crippen LogP contribution in [-0.2, 0) is 9.47 Å². The van der Waals surface area contributed by atoms with Gasteiger partial charge in [0.1, 0.15) is 6.61 Å². The highest BCUT2D eigenvalue weighted by atomic mass is 16.5. The highest BCUT2D eigenvalue weighted by Gasteiger charge is 2.18. The van der Waals surface area contributed by atoms with E-state index in [2.05, 4.69) is 16.7 Å². The Morgan fingerprint density at radius 1 is 1.47 bits per heavy atom. The Hall–Kier alpha value is -1.84. The molecule has 0 amide bonds. The summed E-state index contributed by atoms with van der Waals surface area (Å²) in [4.78, 5) is 15.7. The molecule has 1 aromatic carbocycles. The first kappa shape index (κ1) is 11.6. The fraction of sp³-hybridized carbons (Fsp3) is 0.385. The van der Waals surface area contributed by atoms with Crippen molar-refractivity contribution in [2.45, 2.75) is 19.4 Å². The molecule has 0 aromatic heterocycles. The Kier molecular flexibility index (Phi) is 3.42. The lowest BCUT2D eigenvalue weighted by Crippen LogP contribution is -2.05. The van der Waals surface area contributed by atoms with Gasteiger partial charge in [-0.3, -0.25) is 0 Å². The summed E-state index contributed by atoms with van der Waals surface area (Å²) in [6.07, 6.45) is 0.976. The molecule has 0 saturated carbocycles. The first-order chi connectivity index (χ1) is 8.24. The van der Waals surface area contributed by atoms with Crippen LogP contribution in [0.4, 0.5) is 0 Å². The Labute approximate surface area is 100 Å². The molecule has 4 nitrogen and oxygen atoms in total. The Balaban J connectivity index is 2.16. The molecular formula is C13H15NO3. The molecule has 4 heteroatoms. The number of benzene rings is 1. The third-order valence-corrected chi connectivity index (χ3v) is 2.74. The normalized spacial score (nSPS) is 18.5. The lowest BCUT2D eigenvalue weighted by atomic mass is 10.1. The predicted molar refractivity (Wildman–Crippen MR) is 64.3 cm³/mol. The first-order valence-electron chi connectivity index (χ1n) is 5.64. The van der Waals surface area contributed by atoms with Crippen molar-refractivity contribution in [2.24, 2.45) is 4.99 Å². The maximum atomic E-state index is 11.3. The van der Waals surface area contributed by atoms with Gasteiger partial charge >= 0.3 is 5.97 Å². The number of aliphatic imine (C=N–C) groups is 1. The summed E-state index contributed by atoms with van der Waals surface area (Å²) < 4.78 is 10.1. The molecule has 17 heavy (non-hydrogen) atoms. The van der Waals surface area contributed by atoms with Gasteiger partial charge in [-0.15, -0.1) is 0 Å². The van der Waals surface area contributed by atoms with Crippen LogP contribution in [-0.4, -0.2) is 31.6 Å². The molecule has 0 bridgehead atoms. The summed E-state index contributed by atoms with van der Waals surface area (Å²) in [7, 11) is 1.37. The number of carbonyl (C=O) groups excluding carboxylic acids is 1. The molecule has 0 N–H and O–H groups in total. The van der Waals surface area contributed by atoms with E-state index in [4.69, 9.17) is 4.74 Å². The molecule has 1 aliphatic rings. The van der Waals surface area contributed by atoms with Gasteiger partial charge in [0.05, 0.1) is 18.7 Å². The van der Waals surface area contributed by atoms with Crippen LogP contribution in [0.3, 0.4) is 0 Å². The van der Waals surface area contributed by atoms with E-state index >= 15 is 0 Å². The van der Waals surface area contributed by atoms with Crippen LogP contribution in [0.2, 0.25) is 0 Å². The van der Waals surface area contributed by atoms with Crippen LogP contribution in [0.15, 0.2) is 29.3 Å². The number of carbonyl (C=O) groups is 1. The zero-order chi connectivity index (χ0) is 12.3. The number of ether oxygens (including phenoxy) is 2. The number of rotatable bonds is 3. The van der Waals surface area contributed by atoms with E-state index in [9.17, 15) is 4.79 Å². The minimum absolute atomic E-state index is 0.255. The largest absolute Gasteiger partial charge is 0.475 e. The van der Waals surface area contributed by atoms with E-state index in [0.29, 0.717) is 18.1 Å². The van der Waals surface area contributed by atoms with Gasteiger partial charge in [0.15, 0.2) is 0 Å². The van der Waals surface area contributed by atoms with Crippen LogP contribution in [0, 0.1) is 0 Å². The average molecular weight is 233 g/mol. The summed E-state index contributed by atoms with van der Waals surface area (Å²) in [5, 5.41) is 0. The molecule has 1 aliphatic heterocycles. The van der Waals surface area contributed by atoms with Gasteiger partial charge in [-0.05, 0) is 30.7 Å². The van der Waals surface area contributed by atoms with Crippen molar-refractivity contribution in [2.75, 3.05) is 13.7 Å². The molecule has 90 valence electrons. The molecule has 0 radical (unpaired) electrons. The number of hydrogen-bond donors (Lipinski definition) is 0. The topological polar surface area (TPSA) is 47.9 Å². The van der Waals surface area contributed by atoms with Gasteiger partial charge in [-0.25, -0.2) is 9.79 Å². The molecule has 1 unspecified atom stereocenters. The van der Waals surface area contributed by atoms with Gasteiger partial charge in [0.25, 0.3) is 0 Å². The maximum Gasteiger partial charge on any atom is 0.337 e. The smallest absolute Gasteiger partial charge is 0.337 e. The van der Waals surface area contributed by atoms with Gasteiger partial charge in [0, 0.05) is 5.56 Å². The summed E-state index contributed by atoms with van der Waals surface area (Å²) in [5.74, 6) is 0.325. The van der Waals surface area contributed by atoms with Crippen molar-refractivity contribution < 1.29 is 14.3 Å². The minimum atomic E-state index is -0.336.